The van der Waals surface area contributed by atoms with Crippen molar-refractivity contribution in [2.75, 3.05) is 35.3 Å². The maximum atomic E-state index is 14.8. The Balaban J connectivity index is 1.57. The molecule has 0 unspecified atom stereocenters. The lowest BCUT2D eigenvalue weighted by Gasteiger charge is -2.45. The second kappa shape index (κ2) is 9.72. The Morgan fingerprint density at radius 1 is 1.03 bits per heavy atom. The molecule has 2 heterocycles. The van der Waals surface area contributed by atoms with Gasteiger partial charge in [-0.2, -0.15) is 4.98 Å². The molecule has 2 atom stereocenters. The van der Waals surface area contributed by atoms with Crippen LogP contribution < -0.4 is 19.9 Å². The van der Waals surface area contributed by atoms with Crippen LogP contribution in [0.2, 0.25) is 0 Å². The van der Waals surface area contributed by atoms with Crippen molar-refractivity contribution in [2.45, 2.75) is 59.0 Å². The molecule has 35 heavy (non-hydrogen) atoms. The molecule has 1 N–H and O–H groups in total. The Morgan fingerprint density at radius 2 is 1.69 bits per heavy atom. The Labute approximate surface area is 208 Å². The molecule has 1 saturated heterocycles. The lowest BCUT2D eigenvalue weighted by molar-refractivity contribution is 0.414. The average molecular weight is 478 g/mol. The number of halogens is 1. The normalized spacial score (nSPS) is 18.5. The highest BCUT2D eigenvalue weighted by Gasteiger charge is 2.32. The van der Waals surface area contributed by atoms with Crippen LogP contribution in [0.15, 0.2) is 48.7 Å². The third-order valence-electron chi connectivity index (χ3n) is 6.68. The predicted octanol–water partition coefficient (Wildman–Crippen LogP) is 6.08. The van der Waals surface area contributed by atoms with E-state index in [1.54, 1.807) is 7.11 Å². The Morgan fingerprint density at radius 3 is 2.29 bits per heavy atom. The van der Waals surface area contributed by atoms with Crippen LogP contribution in [-0.2, 0) is 5.41 Å². The fraction of sp³-hybridized carbons (Fsp3) is 0.429. The van der Waals surface area contributed by atoms with Crippen molar-refractivity contribution in [3.8, 4) is 5.75 Å². The third-order valence-corrected chi connectivity index (χ3v) is 6.68. The lowest BCUT2D eigenvalue weighted by Crippen LogP contribution is -2.57. The molecule has 1 aliphatic rings. The summed E-state index contributed by atoms with van der Waals surface area (Å²) in [6, 6.07) is 14.7. The molecule has 0 aliphatic carbocycles. The van der Waals surface area contributed by atoms with E-state index < -0.39 is 5.82 Å². The Bertz CT molecular complexity index is 1160. The van der Waals surface area contributed by atoms with Crippen LogP contribution in [-0.4, -0.2) is 42.3 Å². The number of hydrogen-bond donors (Lipinski definition) is 1. The number of ether oxygens (including phenoxy) is 1. The monoisotopic (exact) mass is 477 g/mol. The molecule has 186 valence electrons. The first-order chi connectivity index (χ1) is 16.6. The van der Waals surface area contributed by atoms with Crippen LogP contribution in [0.4, 0.5) is 27.5 Å². The number of nitrogens with zero attached hydrogens (tertiary/aromatic N) is 4. The van der Waals surface area contributed by atoms with Crippen molar-refractivity contribution < 1.29 is 9.13 Å². The number of methoxy groups -OCH3 is 1. The van der Waals surface area contributed by atoms with E-state index in [9.17, 15) is 4.39 Å². The van der Waals surface area contributed by atoms with Gasteiger partial charge < -0.3 is 19.9 Å². The van der Waals surface area contributed by atoms with Gasteiger partial charge in [0.15, 0.2) is 11.6 Å². The first-order valence-electron chi connectivity index (χ1n) is 12.1. The van der Waals surface area contributed by atoms with Gasteiger partial charge in [0.2, 0.25) is 5.95 Å². The average Bonchev–Trinajstić information content (AvgIpc) is 2.81. The molecule has 0 amide bonds. The van der Waals surface area contributed by atoms with Crippen LogP contribution in [0, 0.1) is 12.7 Å². The molecule has 4 rings (SSSR count). The number of aryl methyl sites for hydroxylation is 1. The molecule has 6 nitrogen and oxygen atoms in total. The molecular formula is C28H36FN5O. The maximum Gasteiger partial charge on any atom is 0.228 e. The maximum absolute atomic E-state index is 14.8. The van der Waals surface area contributed by atoms with E-state index in [4.69, 9.17) is 4.74 Å². The summed E-state index contributed by atoms with van der Waals surface area (Å²) in [5.74, 6) is 1.11. The van der Waals surface area contributed by atoms with Crippen LogP contribution in [0.5, 0.6) is 5.75 Å². The molecule has 0 spiro atoms. The van der Waals surface area contributed by atoms with Gasteiger partial charge >= 0.3 is 0 Å². The zero-order valence-electron chi connectivity index (χ0n) is 21.8. The van der Waals surface area contributed by atoms with E-state index in [-0.39, 0.29) is 23.3 Å². The second-order valence-corrected chi connectivity index (χ2v) is 10.5. The minimum Gasteiger partial charge on any atom is -0.497 e. The van der Waals surface area contributed by atoms with Crippen LogP contribution in [0.1, 0.15) is 45.7 Å². The SMILES string of the molecule is COc1ccc(N2C[C@@H](C)N(c3ncc(F)c(Nc4cc(C(C)(C)C)ccc4C)n3)[C@@H](C)C2)cc1. The number of benzene rings is 2. The van der Waals surface area contributed by atoms with Crippen molar-refractivity contribution in [3.05, 3.63) is 65.6 Å². The third kappa shape index (κ3) is 5.34. The zero-order chi connectivity index (χ0) is 25.3. The van der Waals surface area contributed by atoms with Gasteiger partial charge in [-0.3, -0.25) is 0 Å². The van der Waals surface area contributed by atoms with Crippen LogP contribution >= 0.6 is 0 Å². The summed E-state index contributed by atoms with van der Waals surface area (Å²) in [6.45, 7) is 14.4. The van der Waals surface area contributed by atoms with Gasteiger partial charge in [0.25, 0.3) is 0 Å². The molecular weight excluding hydrogens is 441 g/mol. The number of piperazine rings is 1. The molecule has 7 heteroatoms. The molecule has 1 aromatic heterocycles. The summed E-state index contributed by atoms with van der Waals surface area (Å²) in [5.41, 5.74) is 4.21. The summed E-state index contributed by atoms with van der Waals surface area (Å²) in [5, 5.41) is 3.23. The number of hydrogen-bond acceptors (Lipinski definition) is 6. The van der Waals surface area contributed by atoms with E-state index in [1.165, 1.54) is 11.8 Å². The van der Waals surface area contributed by atoms with Crippen LogP contribution in [0.3, 0.4) is 0 Å². The first kappa shape index (κ1) is 24.8. The summed E-state index contributed by atoms with van der Waals surface area (Å²) in [4.78, 5) is 13.5. The largest absolute Gasteiger partial charge is 0.497 e. The van der Waals surface area contributed by atoms with Gasteiger partial charge in [0.05, 0.1) is 13.3 Å². The molecule has 0 bridgehead atoms. The zero-order valence-corrected chi connectivity index (χ0v) is 21.8. The first-order valence-corrected chi connectivity index (χ1v) is 12.1. The van der Waals surface area contributed by atoms with E-state index in [0.717, 1.165) is 35.8 Å². The topological polar surface area (TPSA) is 53.5 Å². The lowest BCUT2D eigenvalue weighted by atomic mass is 9.86. The van der Waals surface area contributed by atoms with Gasteiger partial charge in [-0.1, -0.05) is 32.9 Å². The smallest absolute Gasteiger partial charge is 0.228 e. The van der Waals surface area contributed by atoms with Crippen LogP contribution in [0.25, 0.3) is 0 Å². The predicted molar refractivity (Wildman–Crippen MR) is 142 cm³/mol. The van der Waals surface area contributed by atoms with Gasteiger partial charge in [-0.15, -0.1) is 0 Å². The highest BCUT2D eigenvalue weighted by Crippen LogP contribution is 2.31. The highest BCUT2D eigenvalue weighted by atomic mass is 19.1. The molecule has 0 radical (unpaired) electrons. The minimum absolute atomic E-state index is 0.00602. The molecule has 2 aromatic carbocycles. The molecule has 0 saturated carbocycles. The van der Waals surface area contributed by atoms with Gasteiger partial charge in [-0.05, 0) is 67.6 Å². The van der Waals surface area contributed by atoms with Gasteiger partial charge in [-0.25, -0.2) is 9.37 Å². The van der Waals surface area contributed by atoms with Crippen molar-refractivity contribution in [2.24, 2.45) is 0 Å². The molecule has 1 fully saturated rings. The summed E-state index contributed by atoms with van der Waals surface area (Å²) in [7, 11) is 1.67. The Hall–Kier alpha value is -3.35. The minimum atomic E-state index is -0.466. The summed E-state index contributed by atoms with van der Waals surface area (Å²) < 4.78 is 20.1. The second-order valence-electron chi connectivity index (χ2n) is 10.5. The van der Waals surface area contributed by atoms with E-state index in [2.05, 4.69) is 90.0 Å². The molecule has 3 aromatic rings. The number of rotatable bonds is 5. The fourth-order valence-electron chi connectivity index (χ4n) is 4.64. The highest BCUT2D eigenvalue weighted by molar-refractivity contribution is 5.63. The quantitative estimate of drug-likeness (QED) is 0.481. The van der Waals surface area contributed by atoms with E-state index in [0.29, 0.717) is 5.95 Å². The van der Waals surface area contributed by atoms with E-state index in [1.807, 2.05) is 19.1 Å². The van der Waals surface area contributed by atoms with Gasteiger partial charge in [0, 0.05) is 36.5 Å². The fourth-order valence-corrected chi connectivity index (χ4v) is 4.64. The summed E-state index contributed by atoms with van der Waals surface area (Å²) in [6.07, 6.45) is 1.27. The number of nitrogens with one attached hydrogen (secondary N) is 1. The number of anilines is 4. The van der Waals surface area contributed by atoms with Crippen molar-refractivity contribution in [1.29, 1.82) is 0 Å². The van der Waals surface area contributed by atoms with Crippen molar-refractivity contribution in [1.82, 2.24) is 9.97 Å². The standard InChI is InChI=1S/C28H36FN5O/c1-18-8-9-21(28(4,5)6)14-25(18)31-26-24(29)15-30-27(32-26)34-19(2)16-33(17-20(34)3)22-10-12-23(35-7)13-11-22/h8-15,19-20H,16-17H2,1-7H3,(H,30,31,32)/t19-,20+. The van der Waals surface area contributed by atoms with E-state index >= 15 is 0 Å². The Kier molecular flexibility index (Phi) is 6.88. The number of aromatic nitrogens is 2. The van der Waals surface area contributed by atoms with Gasteiger partial charge in [0.1, 0.15) is 5.75 Å². The summed E-state index contributed by atoms with van der Waals surface area (Å²) >= 11 is 0. The van der Waals surface area contributed by atoms with Crippen molar-refractivity contribution in [3.63, 3.8) is 0 Å². The van der Waals surface area contributed by atoms with Crippen molar-refractivity contribution >= 4 is 23.1 Å². The molecule has 1 aliphatic heterocycles.